The summed E-state index contributed by atoms with van der Waals surface area (Å²) in [6.07, 6.45) is -4.17. The number of hydrogen-bond donors (Lipinski definition) is 0. The van der Waals surface area contributed by atoms with E-state index in [2.05, 4.69) is 4.74 Å². The van der Waals surface area contributed by atoms with Crippen LogP contribution in [0.25, 0.3) is 0 Å². The molecular formula is C16H18F3NO4. The van der Waals surface area contributed by atoms with E-state index in [0.717, 1.165) is 19.2 Å². The first-order valence-electron chi connectivity index (χ1n) is 7.37. The number of halogens is 3. The van der Waals surface area contributed by atoms with E-state index in [1.54, 1.807) is 0 Å². The Hall–Kier alpha value is -2.25. The minimum atomic E-state index is -4.76. The Morgan fingerprint density at radius 3 is 2.46 bits per heavy atom. The maximum Gasteiger partial charge on any atom is 0.417 e. The zero-order chi connectivity index (χ0) is 18.3. The molecule has 1 aromatic carbocycles. The second kappa shape index (κ2) is 5.99. The van der Waals surface area contributed by atoms with Gasteiger partial charge in [-0.2, -0.15) is 13.2 Å². The van der Waals surface area contributed by atoms with E-state index in [1.807, 2.05) is 6.92 Å². The molecule has 0 atom stereocenters. The second-order valence-corrected chi connectivity index (χ2v) is 5.92. The maximum absolute atomic E-state index is 13.3. The number of methoxy groups -OCH3 is 1. The fourth-order valence-electron chi connectivity index (χ4n) is 2.57. The highest BCUT2D eigenvalue weighted by molar-refractivity contribution is 6.04. The molecule has 0 radical (unpaired) electrons. The molecule has 1 amide bonds. The van der Waals surface area contributed by atoms with Crippen LogP contribution in [0, 0.1) is 0 Å². The Morgan fingerprint density at radius 2 is 1.96 bits per heavy atom. The molecule has 24 heavy (non-hydrogen) atoms. The van der Waals surface area contributed by atoms with Gasteiger partial charge in [0.2, 0.25) is 0 Å². The molecule has 0 saturated heterocycles. The zero-order valence-corrected chi connectivity index (χ0v) is 13.8. The molecule has 0 unspecified atom stereocenters. The van der Waals surface area contributed by atoms with Crippen LogP contribution >= 0.6 is 0 Å². The number of anilines is 1. The number of nitrogens with zero attached hydrogens (tertiary/aromatic N) is 1. The molecule has 0 aromatic heterocycles. The Kier molecular flexibility index (Phi) is 4.52. The van der Waals surface area contributed by atoms with Crippen LogP contribution in [0.4, 0.5) is 18.9 Å². The number of ether oxygens (including phenoxy) is 2. The lowest BCUT2D eigenvalue weighted by atomic mass is 9.99. The van der Waals surface area contributed by atoms with E-state index in [0.29, 0.717) is 13.0 Å². The average molecular weight is 345 g/mol. The van der Waals surface area contributed by atoms with Gasteiger partial charge in [-0.3, -0.25) is 4.79 Å². The van der Waals surface area contributed by atoms with Gasteiger partial charge in [0.05, 0.1) is 23.9 Å². The SMILES string of the molecule is CCCN1C(=O)C(C)(C)Oc2cc(C(F)(F)F)c(C(=O)OC)cc21. The summed E-state index contributed by atoms with van der Waals surface area (Å²) >= 11 is 0. The van der Waals surface area contributed by atoms with Crippen molar-refractivity contribution < 1.29 is 32.2 Å². The molecule has 1 aromatic rings. The molecule has 0 N–H and O–H groups in total. The first-order chi connectivity index (χ1) is 11.0. The number of hydrogen-bond acceptors (Lipinski definition) is 4. The van der Waals surface area contributed by atoms with Crippen molar-refractivity contribution in [3.05, 3.63) is 23.3 Å². The normalized spacial score (nSPS) is 16.5. The predicted octanol–water partition coefficient (Wildman–Crippen LogP) is 3.41. The van der Waals surface area contributed by atoms with Gasteiger partial charge in [-0.1, -0.05) is 6.92 Å². The van der Waals surface area contributed by atoms with E-state index in [-0.39, 0.29) is 17.3 Å². The van der Waals surface area contributed by atoms with Crippen molar-refractivity contribution in [1.82, 2.24) is 0 Å². The van der Waals surface area contributed by atoms with Crippen LogP contribution in [0.2, 0.25) is 0 Å². The van der Waals surface area contributed by atoms with Crippen molar-refractivity contribution in [3.63, 3.8) is 0 Å². The summed E-state index contributed by atoms with van der Waals surface area (Å²) in [6.45, 7) is 5.11. The number of rotatable bonds is 3. The third-order valence-corrected chi connectivity index (χ3v) is 3.67. The summed E-state index contributed by atoms with van der Waals surface area (Å²) in [6, 6.07) is 1.76. The van der Waals surface area contributed by atoms with Crippen molar-refractivity contribution >= 4 is 17.6 Å². The highest BCUT2D eigenvalue weighted by atomic mass is 19.4. The van der Waals surface area contributed by atoms with Gasteiger partial charge in [-0.05, 0) is 32.4 Å². The van der Waals surface area contributed by atoms with Crippen LogP contribution < -0.4 is 9.64 Å². The van der Waals surface area contributed by atoms with Gasteiger partial charge in [-0.15, -0.1) is 0 Å². The predicted molar refractivity (Wildman–Crippen MR) is 80.1 cm³/mol. The Morgan fingerprint density at radius 1 is 1.33 bits per heavy atom. The summed E-state index contributed by atoms with van der Waals surface area (Å²) in [4.78, 5) is 25.6. The lowest BCUT2D eigenvalue weighted by Gasteiger charge is -2.39. The number of benzene rings is 1. The smallest absolute Gasteiger partial charge is 0.417 e. The number of alkyl halides is 3. The molecule has 1 aliphatic heterocycles. The molecular weight excluding hydrogens is 327 g/mol. The van der Waals surface area contributed by atoms with E-state index < -0.39 is 28.9 Å². The quantitative estimate of drug-likeness (QED) is 0.788. The highest BCUT2D eigenvalue weighted by Gasteiger charge is 2.44. The molecule has 5 nitrogen and oxygen atoms in total. The molecule has 0 aliphatic carbocycles. The minimum Gasteiger partial charge on any atom is -0.476 e. The first-order valence-corrected chi connectivity index (χ1v) is 7.37. The van der Waals surface area contributed by atoms with Gasteiger partial charge < -0.3 is 14.4 Å². The van der Waals surface area contributed by atoms with Gasteiger partial charge in [0.25, 0.3) is 5.91 Å². The number of fused-ring (bicyclic) bond motifs is 1. The van der Waals surface area contributed by atoms with Crippen LogP contribution in [0.5, 0.6) is 5.75 Å². The van der Waals surface area contributed by atoms with Gasteiger partial charge in [0.15, 0.2) is 5.60 Å². The van der Waals surface area contributed by atoms with Gasteiger partial charge >= 0.3 is 12.1 Å². The molecule has 132 valence electrons. The minimum absolute atomic E-state index is 0.0898. The number of carbonyl (C=O) groups excluding carboxylic acids is 2. The summed E-state index contributed by atoms with van der Waals surface area (Å²) in [5.41, 5.74) is -2.97. The van der Waals surface area contributed by atoms with Crippen LogP contribution in [-0.4, -0.2) is 31.1 Å². The Bertz CT molecular complexity index is 683. The molecule has 0 bridgehead atoms. The molecule has 0 spiro atoms. The average Bonchev–Trinajstić information content (AvgIpc) is 2.49. The molecule has 0 saturated carbocycles. The third kappa shape index (κ3) is 3.05. The Labute approximate surface area is 137 Å². The summed E-state index contributed by atoms with van der Waals surface area (Å²) in [5, 5.41) is 0. The summed E-state index contributed by atoms with van der Waals surface area (Å²) in [5.74, 6) is -1.60. The highest BCUT2D eigenvalue weighted by Crippen LogP contribution is 2.44. The van der Waals surface area contributed by atoms with Gasteiger partial charge in [0, 0.05) is 6.54 Å². The number of carbonyl (C=O) groups is 2. The topological polar surface area (TPSA) is 55.8 Å². The van der Waals surface area contributed by atoms with E-state index in [9.17, 15) is 22.8 Å². The fraction of sp³-hybridized carbons (Fsp3) is 0.500. The van der Waals surface area contributed by atoms with Gasteiger partial charge in [-0.25, -0.2) is 4.79 Å². The van der Waals surface area contributed by atoms with Crippen LogP contribution in [-0.2, 0) is 15.7 Å². The summed E-state index contributed by atoms with van der Waals surface area (Å²) in [7, 11) is 0.997. The first kappa shape index (κ1) is 18.1. The number of amides is 1. The third-order valence-electron chi connectivity index (χ3n) is 3.67. The van der Waals surface area contributed by atoms with Crippen molar-refractivity contribution in [3.8, 4) is 5.75 Å². The molecule has 0 fully saturated rings. The van der Waals surface area contributed by atoms with Crippen LogP contribution in [0.15, 0.2) is 12.1 Å². The monoisotopic (exact) mass is 345 g/mol. The lowest BCUT2D eigenvalue weighted by Crippen LogP contribution is -2.52. The van der Waals surface area contributed by atoms with Crippen molar-refractivity contribution in [2.24, 2.45) is 0 Å². The molecule has 8 heteroatoms. The fourth-order valence-corrected chi connectivity index (χ4v) is 2.57. The van der Waals surface area contributed by atoms with Crippen molar-refractivity contribution in [2.75, 3.05) is 18.6 Å². The molecule has 2 rings (SSSR count). The van der Waals surface area contributed by atoms with Crippen LogP contribution in [0.1, 0.15) is 43.1 Å². The molecule has 1 aliphatic rings. The lowest BCUT2D eigenvalue weighted by molar-refractivity contribution is -0.138. The molecule has 1 heterocycles. The maximum atomic E-state index is 13.3. The van der Waals surface area contributed by atoms with E-state index in [1.165, 1.54) is 18.7 Å². The van der Waals surface area contributed by atoms with Crippen LogP contribution in [0.3, 0.4) is 0 Å². The largest absolute Gasteiger partial charge is 0.476 e. The zero-order valence-electron chi connectivity index (χ0n) is 13.8. The Balaban J connectivity index is 2.72. The second-order valence-electron chi connectivity index (χ2n) is 5.92. The summed E-state index contributed by atoms with van der Waals surface area (Å²) < 4.78 is 49.8. The number of esters is 1. The van der Waals surface area contributed by atoms with Gasteiger partial charge in [0.1, 0.15) is 5.75 Å². The van der Waals surface area contributed by atoms with E-state index >= 15 is 0 Å². The van der Waals surface area contributed by atoms with Crippen molar-refractivity contribution in [1.29, 1.82) is 0 Å². The standard InChI is InChI=1S/C16H18F3NO4/c1-5-6-20-11-7-9(13(21)23-4)10(16(17,18)19)8-12(11)24-15(2,3)14(20)22/h7-8H,5-6H2,1-4H3. The van der Waals surface area contributed by atoms with E-state index in [4.69, 9.17) is 4.74 Å². The van der Waals surface area contributed by atoms with Crippen molar-refractivity contribution in [2.45, 2.75) is 39.0 Å².